The number of fused-ring (bicyclic) bond motifs is 1. The molecule has 0 saturated heterocycles. The van der Waals surface area contributed by atoms with Gasteiger partial charge in [-0.1, -0.05) is 30.3 Å². The monoisotopic (exact) mass is 435 g/mol. The Bertz CT molecular complexity index is 1210. The molecule has 2 heterocycles. The minimum atomic E-state index is -0.645. The SMILES string of the molecule is Cc1nn(C)c2[nH]c(=O)c(CCC(=O)NC(Cc3ccccc3)C(=O)NC3CC3)c(C)c12. The van der Waals surface area contributed by atoms with Gasteiger partial charge in [-0.05, 0) is 44.2 Å². The van der Waals surface area contributed by atoms with Gasteiger partial charge < -0.3 is 15.6 Å². The summed E-state index contributed by atoms with van der Waals surface area (Å²) in [5, 5.41) is 11.2. The molecule has 0 aliphatic heterocycles. The molecule has 4 rings (SSSR count). The van der Waals surface area contributed by atoms with E-state index in [4.69, 9.17) is 0 Å². The molecule has 3 N–H and O–H groups in total. The van der Waals surface area contributed by atoms with Gasteiger partial charge in [0.05, 0.1) is 5.69 Å². The number of hydrogen-bond donors (Lipinski definition) is 3. The van der Waals surface area contributed by atoms with Gasteiger partial charge in [-0.15, -0.1) is 0 Å². The first kappa shape index (κ1) is 21.8. The molecule has 1 unspecified atom stereocenters. The summed E-state index contributed by atoms with van der Waals surface area (Å²) >= 11 is 0. The van der Waals surface area contributed by atoms with Crippen LogP contribution in [-0.4, -0.2) is 38.7 Å². The fraction of sp³-hybridized carbons (Fsp3) is 0.417. The summed E-state index contributed by atoms with van der Waals surface area (Å²) in [6, 6.07) is 9.20. The van der Waals surface area contributed by atoms with Gasteiger partial charge in [-0.2, -0.15) is 5.10 Å². The van der Waals surface area contributed by atoms with Gasteiger partial charge >= 0.3 is 0 Å². The van der Waals surface area contributed by atoms with E-state index in [1.807, 2.05) is 44.2 Å². The zero-order valence-corrected chi connectivity index (χ0v) is 18.7. The third-order valence-corrected chi connectivity index (χ3v) is 6.02. The number of carbonyl (C=O) groups is 2. The molecule has 8 heteroatoms. The lowest BCUT2D eigenvalue weighted by atomic mass is 10.0. The third kappa shape index (κ3) is 4.74. The number of aromatic nitrogens is 3. The molecule has 1 fully saturated rings. The van der Waals surface area contributed by atoms with Gasteiger partial charge in [0.25, 0.3) is 5.56 Å². The van der Waals surface area contributed by atoms with E-state index in [0.29, 0.717) is 24.1 Å². The Morgan fingerprint density at radius 3 is 2.62 bits per heavy atom. The van der Waals surface area contributed by atoms with Crippen molar-refractivity contribution in [1.29, 1.82) is 0 Å². The van der Waals surface area contributed by atoms with E-state index in [-0.39, 0.29) is 29.8 Å². The Morgan fingerprint density at radius 1 is 1.22 bits per heavy atom. The summed E-state index contributed by atoms with van der Waals surface area (Å²) in [6.07, 6.45) is 2.80. The van der Waals surface area contributed by atoms with Gasteiger partial charge in [0, 0.05) is 36.9 Å². The predicted molar refractivity (Wildman–Crippen MR) is 122 cm³/mol. The largest absolute Gasteiger partial charge is 0.352 e. The van der Waals surface area contributed by atoms with E-state index in [1.165, 1.54) is 0 Å². The molecule has 32 heavy (non-hydrogen) atoms. The van der Waals surface area contributed by atoms with Crippen molar-refractivity contribution in [3.63, 3.8) is 0 Å². The Labute approximate surface area is 186 Å². The maximum atomic E-state index is 12.8. The first-order valence-corrected chi connectivity index (χ1v) is 11.0. The highest BCUT2D eigenvalue weighted by Crippen LogP contribution is 2.21. The lowest BCUT2D eigenvalue weighted by Gasteiger charge is -2.19. The van der Waals surface area contributed by atoms with Gasteiger partial charge in [0.15, 0.2) is 0 Å². The van der Waals surface area contributed by atoms with Crippen LogP contribution in [0.2, 0.25) is 0 Å². The smallest absolute Gasteiger partial charge is 0.253 e. The van der Waals surface area contributed by atoms with Crippen molar-refractivity contribution in [2.45, 2.75) is 58.0 Å². The number of aromatic amines is 1. The number of carbonyl (C=O) groups excluding carboxylic acids is 2. The highest BCUT2D eigenvalue weighted by molar-refractivity contribution is 5.88. The average molecular weight is 436 g/mol. The molecule has 2 amide bonds. The average Bonchev–Trinajstić information content (AvgIpc) is 3.52. The van der Waals surface area contributed by atoms with Gasteiger partial charge in [0.2, 0.25) is 11.8 Å². The van der Waals surface area contributed by atoms with Crippen LogP contribution < -0.4 is 16.2 Å². The molecule has 1 saturated carbocycles. The highest BCUT2D eigenvalue weighted by atomic mass is 16.2. The van der Waals surface area contributed by atoms with Crippen molar-refractivity contribution in [1.82, 2.24) is 25.4 Å². The third-order valence-electron chi connectivity index (χ3n) is 6.02. The standard InChI is InChI=1S/C24H29N5O3/c1-14-18(23(31)27-22-21(14)15(2)28-29(22)3)11-12-20(30)26-19(24(32)25-17-9-10-17)13-16-7-5-4-6-8-16/h4-8,17,19H,9-13H2,1-3H3,(H,25,32)(H,26,30)(H,27,31). The molecule has 1 aliphatic carbocycles. The number of rotatable bonds is 8. The molecule has 1 aromatic carbocycles. The fourth-order valence-electron chi connectivity index (χ4n) is 4.15. The molecule has 8 nitrogen and oxygen atoms in total. The van der Waals surface area contributed by atoms with Crippen LogP contribution in [0.3, 0.4) is 0 Å². The van der Waals surface area contributed by atoms with Crippen LogP contribution in [0.4, 0.5) is 0 Å². The van der Waals surface area contributed by atoms with Crippen molar-refractivity contribution in [3.05, 3.63) is 63.1 Å². The maximum absolute atomic E-state index is 12.8. The van der Waals surface area contributed by atoms with Crippen molar-refractivity contribution < 1.29 is 9.59 Å². The molecule has 0 spiro atoms. The number of H-pyrrole nitrogens is 1. The van der Waals surface area contributed by atoms with E-state index in [2.05, 4.69) is 20.7 Å². The Kier molecular flexibility index (Phi) is 6.12. The molecule has 1 atom stereocenters. The van der Waals surface area contributed by atoms with Crippen molar-refractivity contribution >= 4 is 22.8 Å². The second kappa shape index (κ2) is 8.98. The first-order valence-electron chi connectivity index (χ1n) is 11.0. The quantitative estimate of drug-likeness (QED) is 0.501. The van der Waals surface area contributed by atoms with E-state index < -0.39 is 6.04 Å². The van der Waals surface area contributed by atoms with Crippen LogP contribution >= 0.6 is 0 Å². The summed E-state index contributed by atoms with van der Waals surface area (Å²) in [5.74, 6) is -0.412. The van der Waals surface area contributed by atoms with Crippen LogP contribution in [0.25, 0.3) is 11.0 Å². The van der Waals surface area contributed by atoms with Gasteiger partial charge in [0.1, 0.15) is 11.7 Å². The first-order chi connectivity index (χ1) is 15.3. The minimum absolute atomic E-state index is 0.122. The number of nitrogens with one attached hydrogen (secondary N) is 3. The normalized spacial score (nSPS) is 14.3. The zero-order valence-electron chi connectivity index (χ0n) is 18.7. The predicted octanol–water partition coefficient (Wildman–Crippen LogP) is 1.82. The molecule has 2 aromatic heterocycles. The molecule has 0 bridgehead atoms. The topological polar surface area (TPSA) is 109 Å². The second-order valence-electron chi connectivity index (χ2n) is 8.58. The lowest BCUT2D eigenvalue weighted by molar-refractivity contribution is -0.129. The van der Waals surface area contributed by atoms with E-state index in [9.17, 15) is 14.4 Å². The Balaban J connectivity index is 1.46. The summed E-state index contributed by atoms with van der Waals surface area (Å²) in [4.78, 5) is 41.0. The summed E-state index contributed by atoms with van der Waals surface area (Å²) in [6.45, 7) is 3.79. The van der Waals surface area contributed by atoms with Crippen LogP contribution in [0.5, 0.6) is 0 Å². The number of nitrogens with zero attached hydrogens (tertiary/aromatic N) is 2. The van der Waals surface area contributed by atoms with E-state index >= 15 is 0 Å². The summed E-state index contributed by atoms with van der Waals surface area (Å²) in [7, 11) is 1.79. The molecule has 3 aromatic rings. The molecule has 1 aliphatic rings. The zero-order chi connectivity index (χ0) is 22.8. The van der Waals surface area contributed by atoms with E-state index in [1.54, 1.807) is 11.7 Å². The van der Waals surface area contributed by atoms with Crippen LogP contribution in [0.15, 0.2) is 35.1 Å². The Morgan fingerprint density at radius 2 is 1.94 bits per heavy atom. The minimum Gasteiger partial charge on any atom is -0.352 e. The van der Waals surface area contributed by atoms with Crippen molar-refractivity contribution in [2.75, 3.05) is 0 Å². The fourth-order valence-corrected chi connectivity index (χ4v) is 4.15. The summed E-state index contributed by atoms with van der Waals surface area (Å²) in [5.41, 5.74) is 3.70. The van der Waals surface area contributed by atoms with Crippen molar-refractivity contribution in [3.8, 4) is 0 Å². The summed E-state index contributed by atoms with van der Waals surface area (Å²) < 4.78 is 1.65. The van der Waals surface area contributed by atoms with Crippen LogP contribution in [-0.2, 0) is 29.5 Å². The number of aryl methyl sites for hydroxylation is 3. The number of hydrogen-bond acceptors (Lipinski definition) is 4. The molecule has 168 valence electrons. The number of pyridine rings is 1. The van der Waals surface area contributed by atoms with Crippen LogP contribution in [0, 0.1) is 13.8 Å². The molecular formula is C24H29N5O3. The lowest BCUT2D eigenvalue weighted by Crippen LogP contribution is -2.48. The highest BCUT2D eigenvalue weighted by Gasteiger charge is 2.28. The van der Waals surface area contributed by atoms with Gasteiger partial charge in [-0.25, -0.2) is 0 Å². The van der Waals surface area contributed by atoms with Crippen LogP contribution in [0.1, 0.15) is 41.6 Å². The maximum Gasteiger partial charge on any atom is 0.253 e. The van der Waals surface area contributed by atoms with Gasteiger partial charge in [-0.3, -0.25) is 19.1 Å². The number of benzene rings is 1. The Hall–Kier alpha value is -3.42. The molecular weight excluding hydrogens is 406 g/mol. The van der Waals surface area contributed by atoms with Crippen molar-refractivity contribution in [2.24, 2.45) is 7.05 Å². The van der Waals surface area contributed by atoms with E-state index in [0.717, 1.165) is 35.0 Å². The second-order valence-corrected chi connectivity index (χ2v) is 8.58. The molecule has 0 radical (unpaired) electrons. The number of amides is 2.